The van der Waals surface area contributed by atoms with Crippen LogP contribution in [0.15, 0.2) is 11.6 Å². The number of hydrogen-bond acceptors (Lipinski definition) is 3. The summed E-state index contributed by atoms with van der Waals surface area (Å²) in [6.07, 6.45) is 9.22. The first kappa shape index (κ1) is 14.6. The van der Waals surface area contributed by atoms with Gasteiger partial charge in [-0.15, -0.1) is 0 Å². The van der Waals surface area contributed by atoms with Crippen molar-refractivity contribution in [3.05, 3.63) is 11.6 Å². The van der Waals surface area contributed by atoms with Crippen molar-refractivity contribution >= 4 is 5.97 Å². The topological polar surface area (TPSA) is 35.5 Å². The number of hydrogen-bond donors (Lipinski definition) is 0. The number of ether oxygens (including phenoxy) is 2. The van der Waals surface area contributed by atoms with Gasteiger partial charge in [0, 0.05) is 11.5 Å². The molecule has 3 nitrogen and oxygen atoms in total. The number of fused-ring (bicyclic) bond motifs is 1. The summed E-state index contributed by atoms with van der Waals surface area (Å²) in [7, 11) is 0. The van der Waals surface area contributed by atoms with E-state index in [1.807, 2.05) is 19.9 Å². The maximum absolute atomic E-state index is 11.8. The van der Waals surface area contributed by atoms with Gasteiger partial charge < -0.3 is 9.47 Å². The summed E-state index contributed by atoms with van der Waals surface area (Å²) >= 11 is 0. The molecule has 2 aliphatic rings. The number of carbonyl (C=O) groups excluding carboxylic acids is 1. The largest absolute Gasteiger partial charge is 0.462 e. The predicted octanol–water partition coefficient (Wildman–Crippen LogP) is 3.62. The summed E-state index contributed by atoms with van der Waals surface area (Å²) in [4.78, 5) is 11.8. The molecule has 1 heterocycles. The standard InChI is InChI=1S/C16H26O3/c1-4-10-18-15(17)12(3)11-16(5-2)13-8-6-7-9-14(13)19-16/h11,13-14H,4-10H2,1-3H3/b12-11+. The molecule has 0 aromatic carbocycles. The first-order valence-electron chi connectivity index (χ1n) is 7.67. The quantitative estimate of drug-likeness (QED) is 0.563. The van der Waals surface area contributed by atoms with Gasteiger partial charge in [0.25, 0.3) is 0 Å². The van der Waals surface area contributed by atoms with E-state index in [1.54, 1.807) is 0 Å². The minimum absolute atomic E-state index is 0.197. The molecule has 0 N–H and O–H groups in total. The second-order valence-corrected chi connectivity index (χ2v) is 5.82. The highest BCUT2D eigenvalue weighted by atomic mass is 16.5. The molecule has 1 saturated heterocycles. The van der Waals surface area contributed by atoms with Crippen molar-refractivity contribution in [1.82, 2.24) is 0 Å². The Hall–Kier alpha value is -0.830. The predicted molar refractivity (Wildman–Crippen MR) is 74.9 cm³/mol. The van der Waals surface area contributed by atoms with Gasteiger partial charge in [0.15, 0.2) is 0 Å². The lowest BCUT2D eigenvalue weighted by molar-refractivity contribution is -0.248. The van der Waals surface area contributed by atoms with Crippen LogP contribution in [-0.2, 0) is 14.3 Å². The molecule has 3 atom stereocenters. The molecule has 1 aliphatic heterocycles. The first-order chi connectivity index (χ1) is 9.13. The highest BCUT2D eigenvalue weighted by Crippen LogP contribution is 2.50. The third kappa shape index (κ3) is 2.86. The van der Waals surface area contributed by atoms with Crippen molar-refractivity contribution in [2.45, 2.75) is 71.0 Å². The second kappa shape index (κ2) is 6.08. The van der Waals surface area contributed by atoms with Gasteiger partial charge in [0.05, 0.1) is 18.3 Å². The SMILES string of the molecule is CCCOC(=O)/C(C)=C/C1(CC)OC2CCCCC21. The first-order valence-corrected chi connectivity index (χ1v) is 7.67. The van der Waals surface area contributed by atoms with Crippen molar-refractivity contribution in [1.29, 1.82) is 0 Å². The Morgan fingerprint density at radius 1 is 1.37 bits per heavy atom. The van der Waals surface area contributed by atoms with E-state index in [4.69, 9.17) is 9.47 Å². The number of carbonyl (C=O) groups is 1. The Morgan fingerprint density at radius 3 is 2.74 bits per heavy atom. The molecule has 3 unspecified atom stereocenters. The van der Waals surface area contributed by atoms with Gasteiger partial charge in [-0.3, -0.25) is 0 Å². The van der Waals surface area contributed by atoms with Gasteiger partial charge >= 0.3 is 5.97 Å². The van der Waals surface area contributed by atoms with Crippen LogP contribution >= 0.6 is 0 Å². The zero-order valence-corrected chi connectivity index (χ0v) is 12.4. The van der Waals surface area contributed by atoms with Gasteiger partial charge in [0.1, 0.15) is 0 Å². The Morgan fingerprint density at radius 2 is 2.11 bits per heavy atom. The van der Waals surface area contributed by atoms with E-state index in [0.717, 1.165) is 12.8 Å². The normalized spacial score (nSPS) is 34.4. The van der Waals surface area contributed by atoms with E-state index >= 15 is 0 Å². The number of esters is 1. The Labute approximate surface area is 116 Å². The van der Waals surface area contributed by atoms with Crippen LogP contribution in [0.1, 0.15) is 59.3 Å². The summed E-state index contributed by atoms with van der Waals surface area (Å²) in [6, 6.07) is 0. The summed E-state index contributed by atoms with van der Waals surface area (Å²) in [5, 5.41) is 0. The molecule has 0 aromatic rings. The van der Waals surface area contributed by atoms with Crippen LogP contribution in [0.4, 0.5) is 0 Å². The minimum atomic E-state index is -0.208. The fourth-order valence-electron chi connectivity index (χ4n) is 3.42. The van der Waals surface area contributed by atoms with Crippen LogP contribution in [0.2, 0.25) is 0 Å². The third-order valence-corrected chi connectivity index (χ3v) is 4.47. The molecule has 0 bridgehead atoms. The minimum Gasteiger partial charge on any atom is -0.462 e. The molecule has 0 aromatic heterocycles. The Bertz CT molecular complexity index is 361. The summed E-state index contributed by atoms with van der Waals surface area (Å²) < 4.78 is 11.3. The van der Waals surface area contributed by atoms with Gasteiger partial charge in [-0.25, -0.2) is 4.79 Å². The van der Waals surface area contributed by atoms with E-state index in [-0.39, 0.29) is 11.6 Å². The van der Waals surface area contributed by atoms with E-state index < -0.39 is 0 Å². The molecular weight excluding hydrogens is 240 g/mol. The van der Waals surface area contributed by atoms with E-state index in [9.17, 15) is 4.79 Å². The Kier molecular flexibility index (Phi) is 4.67. The molecular formula is C16H26O3. The average Bonchev–Trinajstić information content (AvgIpc) is 2.41. The van der Waals surface area contributed by atoms with Gasteiger partial charge in [0.2, 0.25) is 0 Å². The molecule has 2 rings (SSSR count). The zero-order chi connectivity index (χ0) is 13.9. The van der Waals surface area contributed by atoms with Crippen molar-refractivity contribution in [3.8, 4) is 0 Å². The third-order valence-electron chi connectivity index (χ3n) is 4.47. The Balaban J connectivity index is 2.04. The summed E-state index contributed by atoms with van der Waals surface area (Å²) in [5.41, 5.74) is 0.486. The summed E-state index contributed by atoms with van der Waals surface area (Å²) in [5.74, 6) is 0.401. The van der Waals surface area contributed by atoms with Crippen LogP contribution in [-0.4, -0.2) is 24.3 Å². The smallest absolute Gasteiger partial charge is 0.333 e. The molecule has 0 amide bonds. The maximum Gasteiger partial charge on any atom is 0.333 e. The fourth-order valence-corrected chi connectivity index (χ4v) is 3.42. The summed E-state index contributed by atoms with van der Waals surface area (Å²) in [6.45, 7) is 6.48. The lowest BCUT2D eigenvalue weighted by Crippen LogP contribution is -2.59. The molecule has 0 radical (unpaired) electrons. The van der Waals surface area contributed by atoms with E-state index in [0.29, 0.717) is 24.2 Å². The van der Waals surface area contributed by atoms with Crippen LogP contribution in [0.3, 0.4) is 0 Å². The van der Waals surface area contributed by atoms with Crippen LogP contribution in [0, 0.1) is 5.92 Å². The van der Waals surface area contributed by atoms with Crippen molar-refractivity contribution in [3.63, 3.8) is 0 Å². The van der Waals surface area contributed by atoms with Gasteiger partial charge in [-0.1, -0.05) is 26.7 Å². The highest BCUT2D eigenvalue weighted by molar-refractivity contribution is 5.88. The zero-order valence-electron chi connectivity index (χ0n) is 12.4. The number of rotatable bonds is 5. The molecule has 0 spiro atoms. The molecule has 108 valence electrons. The molecule has 1 saturated carbocycles. The molecule has 1 aliphatic carbocycles. The highest BCUT2D eigenvalue weighted by Gasteiger charge is 2.53. The molecule has 2 fully saturated rings. The average molecular weight is 266 g/mol. The maximum atomic E-state index is 11.8. The van der Waals surface area contributed by atoms with Crippen LogP contribution < -0.4 is 0 Å². The molecule has 3 heteroatoms. The van der Waals surface area contributed by atoms with Gasteiger partial charge in [-0.05, 0) is 38.7 Å². The van der Waals surface area contributed by atoms with Gasteiger partial charge in [-0.2, -0.15) is 0 Å². The monoisotopic (exact) mass is 266 g/mol. The van der Waals surface area contributed by atoms with Crippen LogP contribution in [0.5, 0.6) is 0 Å². The van der Waals surface area contributed by atoms with E-state index in [2.05, 4.69) is 6.92 Å². The van der Waals surface area contributed by atoms with E-state index in [1.165, 1.54) is 25.7 Å². The van der Waals surface area contributed by atoms with Crippen molar-refractivity contribution in [2.75, 3.05) is 6.61 Å². The fraction of sp³-hybridized carbons (Fsp3) is 0.812. The lowest BCUT2D eigenvalue weighted by atomic mass is 9.67. The van der Waals surface area contributed by atoms with Crippen molar-refractivity contribution in [2.24, 2.45) is 5.92 Å². The van der Waals surface area contributed by atoms with Crippen LogP contribution in [0.25, 0.3) is 0 Å². The molecule has 19 heavy (non-hydrogen) atoms. The second-order valence-electron chi connectivity index (χ2n) is 5.82. The lowest BCUT2D eigenvalue weighted by Gasteiger charge is -2.56. The van der Waals surface area contributed by atoms with Crippen molar-refractivity contribution < 1.29 is 14.3 Å².